The van der Waals surface area contributed by atoms with Crippen molar-refractivity contribution in [1.29, 1.82) is 0 Å². The van der Waals surface area contributed by atoms with Crippen molar-refractivity contribution in [2.45, 2.75) is 26.7 Å². The number of benzene rings is 1. The number of nitrogens with two attached hydrogens (primary N) is 1. The third kappa shape index (κ3) is 2.29. The molecule has 1 heterocycles. The van der Waals surface area contributed by atoms with Crippen LogP contribution >= 0.6 is 12.2 Å². The Balaban J connectivity index is 2.62. The molecule has 0 radical (unpaired) electrons. The zero-order valence-electron chi connectivity index (χ0n) is 10.7. The van der Waals surface area contributed by atoms with E-state index in [2.05, 4.69) is 29.5 Å². The molecule has 0 saturated carbocycles. The van der Waals surface area contributed by atoms with Crippen LogP contribution in [0.3, 0.4) is 0 Å². The first-order chi connectivity index (χ1) is 8.65. The molecule has 2 aromatic rings. The molecule has 3 nitrogen and oxygen atoms in total. The molecule has 0 saturated heterocycles. The first kappa shape index (κ1) is 12.8. The van der Waals surface area contributed by atoms with Crippen LogP contribution in [0.25, 0.3) is 5.69 Å². The predicted octanol–water partition coefficient (Wildman–Crippen LogP) is 2.77. The van der Waals surface area contributed by atoms with Crippen molar-refractivity contribution in [1.82, 2.24) is 9.55 Å². The van der Waals surface area contributed by atoms with Crippen LogP contribution in [-0.2, 0) is 6.42 Å². The molecule has 94 valence electrons. The van der Waals surface area contributed by atoms with Gasteiger partial charge in [0, 0.05) is 24.4 Å². The van der Waals surface area contributed by atoms with Crippen LogP contribution in [0.2, 0.25) is 0 Å². The Kier molecular flexibility index (Phi) is 3.77. The summed E-state index contributed by atoms with van der Waals surface area (Å²) in [6.07, 6.45) is 5.79. The fraction of sp³-hybridized carbons (Fsp3) is 0.286. The van der Waals surface area contributed by atoms with Gasteiger partial charge >= 0.3 is 0 Å². The molecule has 2 N–H and O–H groups in total. The number of para-hydroxylation sites is 1. The molecule has 0 aliphatic rings. The number of aryl methyl sites for hydroxylation is 2. The minimum atomic E-state index is 0.421. The highest BCUT2D eigenvalue weighted by atomic mass is 32.1. The molecule has 0 unspecified atom stereocenters. The Bertz CT molecular complexity index is 572. The second-order valence-electron chi connectivity index (χ2n) is 4.30. The van der Waals surface area contributed by atoms with Gasteiger partial charge in [-0.3, -0.25) is 0 Å². The molecule has 18 heavy (non-hydrogen) atoms. The van der Waals surface area contributed by atoms with E-state index >= 15 is 0 Å². The maximum Gasteiger partial charge on any atom is 0.113 e. The summed E-state index contributed by atoms with van der Waals surface area (Å²) in [6.45, 7) is 4.21. The van der Waals surface area contributed by atoms with Crippen molar-refractivity contribution in [2.75, 3.05) is 0 Å². The topological polar surface area (TPSA) is 43.8 Å². The monoisotopic (exact) mass is 259 g/mol. The minimum absolute atomic E-state index is 0.421. The van der Waals surface area contributed by atoms with Crippen LogP contribution in [0.1, 0.15) is 30.3 Å². The van der Waals surface area contributed by atoms with Crippen molar-refractivity contribution >= 4 is 17.2 Å². The van der Waals surface area contributed by atoms with Gasteiger partial charge < -0.3 is 10.3 Å². The Morgan fingerprint density at radius 3 is 2.89 bits per heavy atom. The van der Waals surface area contributed by atoms with E-state index in [1.807, 2.05) is 24.5 Å². The van der Waals surface area contributed by atoms with Crippen LogP contribution in [0.15, 0.2) is 30.6 Å². The second kappa shape index (κ2) is 5.31. The highest BCUT2D eigenvalue weighted by molar-refractivity contribution is 7.80. The lowest BCUT2D eigenvalue weighted by atomic mass is 10.1. The molecular weight excluding hydrogens is 242 g/mol. The number of nitrogens with zero attached hydrogens (tertiary/aromatic N) is 2. The van der Waals surface area contributed by atoms with Gasteiger partial charge in [-0.15, -0.1) is 0 Å². The number of thiocarbonyl (C=S) groups is 1. The van der Waals surface area contributed by atoms with Crippen LogP contribution in [0.5, 0.6) is 0 Å². The summed E-state index contributed by atoms with van der Waals surface area (Å²) in [5.74, 6) is 1.05. The smallest absolute Gasteiger partial charge is 0.113 e. The highest BCUT2D eigenvalue weighted by Crippen LogP contribution is 2.21. The van der Waals surface area contributed by atoms with Crippen LogP contribution < -0.4 is 5.73 Å². The Labute approximate surface area is 113 Å². The minimum Gasteiger partial charge on any atom is -0.389 e. The van der Waals surface area contributed by atoms with Crippen molar-refractivity contribution in [2.24, 2.45) is 5.73 Å². The van der Waals surface area contributed by atoms with E-state index in [1.54, 1.807) is 0 Å². The second-order valence-corrected chi connectivity index (χ2v) is 4.74. The van der Waals surface area contributed by atoms with Gasteiger partial charge in [0.25, 0.3) is 0 Å². The molecule has 0 bridgehead atoms. The third-order valence-corrected chi connectivity index (χ3v) is 3.16. The third-order valence-electron chi connectivity index (χ3n) is 2.94. The van der Waals surface area contributed by atoms with Gasteiger partial charge in [0.1, 0.15) is 10.8 Å². The van der Waals surface area contributed by atoms with E-state index < -0.39 is 0 Å². The average Bonchev–Trinajstić information content (AvgIpc) is 2.77. The van der Waals surface area contributed by atoms with Gasteiger partial charge in [-0.1, -0.05) is 31.3 Å². The molecule has 0 fully saturated rings. The standard InChI is InChI=1S/C14H17N3S/c1-3-5-12-16-8-9-17(12)13-10(2)6-4-7-11(13)14(15)18/h4,6-9H,3,5H2,1-2H3,(H2,15,18). The van der Waals surface area contributed by atoms with Crippen LogP contribution in [-0.4, -0.2) is 14.5 Å². The lowest BCUT2D eigenvalue weighted by molar-refractivity contribution is 0.806. The summed E-state index contributed by atoms with van der Waals surface area (Å²) in [7, 11) is 0. The summed E-state index contributed by atoms with van der Waals surface area (Å²) >= 11 is 5.14. The number of aromatic nitrogens is 2. The van der Waals surface area contributed by atoms with Gasteiger partial charge in [0.15, 0.2) is 0 Å². The molecule has 4 heteroatoms. The fourth-order valence-corrected chi connectivity index (χ4v) is 2.29. The Hall–Kier alpha value is -1.68. The first-order valence-electron chi connectivity index (χ1n) is 6.07. The van der Waals surface area contributed by atoms with Crippen molar-refractivity contribution in [3.05, 3.63) is 47.5 Å². The van der Waals surface area contributed by atoms with Gasteiger partial charge in [0.05, 0.1) is 5.69 Å². The van der Waals surface area contributed by atoms with Gasteiger partial charge in [-0.05, 0) is 25.0 Å². The van der Waals surface area contributed by atoms with E-state index in [9.17, 15) is 0 Å². The number of hydrogen-bond donors (Lipinski definition) is 1. The van der Waals surface area contributed by atoms with E-state index in [-0.39, 0.29) is 0 Å². The largest absolute Gasteiger partial charge is 0.389 e. The summed E-state index contributed by atoms with van der Waals surface area (Å²) in [5.41, 5.74) is 8.91. The molecule has 1 aromatic heterocycles. The zero-order valence-corrected chi connectivity index (χ0v) is 11.5. The summed E-state index contributed by atoms with van der Waals surface area (Å²) < 4.78 is 2.09. The lowest BCUT2D eigenvalue weighted by Gasteiger charge is -2.15. The Morgan fingerprint density at radius 2 is 2.22 bits per heavy atom. The maximum atomic E-state index is 5.81. The van der Waals surface area contributed by atoms with Gasteiger partial charge in [0.2, 0.25) is 0 Å². The van der Waals surface area contributed by atoms with Crippen molar-refractivity contribution in [3.63, 3.8) is 0 Å². The predicted molar refractivity (Wildman–Crippen MR) is 78.2 cm³/mol. The first-order valence-corrected chi connectivity index (χ1v) is 6.48. The van der Waals surface area contributed by atoms with E-state index in [4.69, 9.17) is 18.0 Å². The van der Waals surface area contributed by atoms with E-state index in [0.29, 0.717) is 4.99 Å². The van der Waals surface area contributed by atoms with Gasteiger partial charge in [-0.2, -0.15) is 0 Å². The normalized spacial score (nSPS) is 10.6. The zero-order chi connectivity index (χ0) is 13.1. The molecule has 1 aromatic carbocycles. The quantitative estimate of drug-likeness (QED) is 0.859. The number of hydrogen-bond acceptors (Lipinski definition) is 2. The molecule has 0 spiro atoms. The van der Waals surface area contributed by atoms with Crippen LogP contribution in [0.4, 0.5) is 0 Å². The maximum absolute atomic E-state index is 5.81. The summed E-state index contributed by atoms with van der Waals surface area (Å²) in [4.78, 5) is 4.82. The van der Waals surface area contributed by atoms with Crippen molar-refractivity contribution in [3.8, 4) is 5.69 Å². The fourth-order valence-electron chi connectivity index (χ4n) is 2.12. The number of rotatable bonds is 4. The molecule has 0 amide bonds. The molecule has 0 aliphatic heterocycles. The summed E-state index contributed by atoms with van der Waals surface area (Å²) in [6, 6.07) is 6.00. The lowest BCUT2D eigenvalue weighted by Crippen LogP contribution is -2.15. The molecule has 2 rings (SSSR count). The average molecular weight is 259 g/mol. The molecule has 0 aliphatic carbocycles. The Morgan fingerprint density at radius 1 is 1.44 bits per heavy atom. The van der Waals surface area contributed by atoms with Crippen molar-refractivity contribution < 1.29 is 0 Å². The summed E-state index contributed by atoms with van der Waals surface area (Å²) in [5, 5.41) is 0. The van der Waals surface area contributed by atoms with Crippen LogP contribution in [0, 0.1) is 6.92 Å². The van der Waals surface area contributed by atoms with E-state index in [0.717, 1.165) is 35.5 Å². The molecular formula is C14H17N3S. The highest BCUT2D eigenvalue weighted by Gasteiger charge is 2.12. The number of imidazole rings is 1. The van der Waals surface area contributed by atoms with E-state index in [1.165, 1.54) is 0 Å². The molecule has 0 atom stereocenters. The van der Waals surface area contributed by atoms with Gasteiger partial charge in [-0.25, -0.2) is 4.98 Å². The SMILES string of the molecule is CCCc1nccn1-c1c(C)cccc1C(N)=S.